The lowest BCUT2D eigenvalue weighted by atomic mass is 10.0. The van der Waals surface area contributed by atoms with Crippen LogP contribution in [0.2, 0.25) is 0 Å². The largest absolute Gasteiger partial charge is 0.381 e. The third kappa shape index (κ3) is 4.06. The van der Waals surface area contributed by atoms with E-state index < -0.39 is 0 Å². The number of aromatic nitrogens is 2. The fraction of sp³-hybridized carbons (Fsp3) is 0.381. The van der Waals surface area contributed by atoms with Gasteiger partial charge in [-0.15, -0.1) is 0 Å². The molecule has 136 valence electrons. The molecule has 0 unspecified atom stereocenters. The van der Waals surface area contributed by atoms with Gasteiger partial charge in [-0.2, -0.15) is 5.10 Å². The van der Waals surface area contributed by atoms with E-state index in [2.05, 4.69) is 62.9 Å². The quantitative estimate of drug-likeness (QED) is 0.639. The molecule has 2 aromatic carbocycles. The molecule has 1 fully saturated rings. The molecule has 0 saturated carbocycles. The molecule has 0 spiro atoms. The zero-order valence-corrected chi connectivity index (χ0v) is 15.1. The van der Waals surface area contributed by atoms with E-state index in [0.29, 0.717) is 12.6 Å². The molecule has 2 heterocycles. The van der Waals surface area contributed by atoms with E-state index in [-0.39, 0.29) is 0 Å². The lowest BCUT2D eigenvalue weighted by Crippen LogP contribution is -2.41. The van der Waals surface area contributed by atoms with Gasteiger partial charge in [0.25, 0.3) is 0 Å². The molecule has 5 heteroatoms. The van der Waals surface area contributed by atoms with Gasteiger partial charge in [-0.25, -0.2) is 0 Å². The number of hydrogen-bond donors (Lipinski definition) is 3. The molecule has 1 aliphatic rings. The lowest BCUT2D eigenvalue weighted by Gasteiger charge is -2.33. The first-order valence-corrected chi connectivity index (χ1v) is 9.50. The van der Waals surface area contributed by atoms with E-state index in [1.54, 1.807) is 0 Å². The second-order valence-corrected chi connectivity index (χ2v) is 7.25. The molecule has 4 rings (SSSR count). The lowest BCUT2D eigenvalue weighted by molar-refractivity contribution is 0.208. The van der Waals surface area contributed by atoms with Gasteiger partial charge in [0.2, 0.25) is 0 Å². The number of hydrogen-bond acceptors (Lipinski definition) is 4. The molecule has 1 aliphatic heterocycles. The monoisotopic (exact) mass is 349 g/mol. The summed E-state index contributed by atoms with van der Waals surface area (Å²) in [6, 6.07) is 15.8. The Kier molecular flexibility index (Phi) is 5.18. The summed E-state index contributed by atoms with van der Waals surface area (Å²) in [4.78, 5) is 2.55. The molecule has 3 aromatic rings. The van der Waals surface area contributed by atoms with Crippen molar-refractivity contribution in [3.8, 4) is 0 Å². The normalized spacial score (nSPS) is 18.3. The molecule has 0 aliphatic carbocycles. The van der Waals surface area contributed by atoms with Crippen molar-refractivity contribution in [3.63, 3.8) is 0 Å². The fourth-order valence-corrected chi connectivity index (χ4v) is 3.82. The highest BCUT2D eigenvalue weighted by Crippen LogP contribution is 2.21. The molecule has 1 atom stereocenters. The highest BCUT2D eigenvalue weighted by Gasteiger charge is 2.20. The maximum absolute atomic E-state index is 5.63. The topological polar surface area (TPSA) is 70.0 Å². The van der Waals surface area contributed by atoms with Crippen molar-refractivity contribution in [3.05, 3.63) is 59.8 Å². The number of piperidine rings is 1. The van der Waals surface area contributed by atoms with Gasteiger partial charge < -0.3 is 11.1 Å². The van der Waals surface area contributed by atoms with E-state index >= 15 is 0 Å². The molecule has 0 bridgehead atoms. The highest BCUT2D eigenvalue weighted by molar-refractivity contribution is 5.81. The Labute approximate surface area is 154 Å². The van der Waals surface area contributed by atoms with E-state index in [4.69, 9.17) is 5.73 Å². The standard InChI is InChI=1S/C21H27N5/c22-10-9-16-3-5-17(6-4-16)14-26-11-1-2-20(15-26)24-19-7-8-21-18(12-19)13-23-25-21/h3-8,12-13,20,24H,1-2,9-11,14-15,22H2,(H,23,25)/t20-/m1/s1. The summed E-state index contributed by atoms with van der Waals surface area (Å²) in [5.41, 5.74) is 10.6. The van der Waals surface area contributed by atoms with Crippen LogP contribution in [-0.2, 0) is 13.0 Å². The van der Waals surface area contributed by atoms with Gasteiger partial charge in [-0.3, -0.25) is 10.00 Å². The first-order valence-electron chi connectivity index (χ1n) is 9.50. The third-order valence-corrected chi connectivity index (χ3v) is 5.18. The number of nitrogens with one attached hydrogen (secondary N) is 2. The fourth-order valence-electron chi connectivity index (χ4n) is 3.82. The first-order chi connectivity index (χ1) is 12.8. The molecule has 1 aromatic heterocycles. The van der Waals surface area contributed by atoms with E-state index in [1.807, 2.05) is 6.20 Å². The Morgan fingerprint density at radius 1 is 1.15 bits per heavy atom. The van der Waals surface area contributed by atoms with Crippen molar-refractivity contribution < 1.29 is 0 Å². The van der Waals surface area contributed by atoms with Crippen LogP contribution in [0.3, 0.4) is 0 Å². The van der Waals surface area contributed by atoms with E-state index in [9.17, 15) is 0 Å². The van der Waals surface area contributed by atoms with E-state index in [1.165, 1.54) is 36.2 Å². The molecule has 26 heavy (non-hydrogen) atoms. The van der Waals surface area contributed by atoms with Crippen LogP contribution in [0.15, 0.2) is 48.7 Å². The number of fused-ring (bicyclic) bond motifs is 1. The van der Waals surface area contributed by atoms with Crippen molar-refractivity contribution in [2.45, 2.75) is 31.8 Å². The summed E-state index contributed by atoms with van der Waals surface area (Å²) in [5.74, 6) is 0. The molecule has 0 radical (unpaired) electrons. The second kappa shape index (κ2) is 7.89. The van der Waals surface area contributed by atoms with E-state index in [0.717, 1.165) is 30.4 Å². The number of nitrogens with two attached hydrogens (primary N) is 1. The number of rotatable bonds is 6. The van der Waals surface area contributed by atoms with Crippen molar-refractivity contribution in [1.82, 2.24) is 15.1 Å². The smallest absolute Gasteiger partial charge is 0.0651 e. The number of nitrogens with zero attached hydrogens (tertiary/aromatic N) is 2. The minimum atomic E-state index is 0.490. The average molecular weight is 349 g/mol. The first kappa shape index (κ1) is 17.1. The SMILES string of the molecule is NCCc1ccc(CN2CCC[C@@H](Nc3ccc4[nH]ncc4c3)C2)cc1. The number of anilines is 1. The van der Waals surface area contributed by atoms with Crippen LogP contribution in [0.25, 0.3) is 10.9 Å². The highest BCUT2D eigenvalue weighted by atomic mass is 15.2. The van der Waals surface area contributed by atoms with Crippen LogP contribution in [0.4, 0.5) is 5.69 Å². The Morgan fingerprint density at radius 2 is 2.00 bits per heavy atom. The Morgan fingerprint density at radius 3 is 2.85 bits per heavy atom. The van der Waals surface area contributed by atoms with Crippen molar-refractivity contribution in [2.24, 2.45) is 5.73 Å². The number of H-pyrrole nitrogens is 1. The van der Waals surface area contributed by atoms with Gasteiger partial charge in [0.15, 0.2) is 0 Å². The molecule has 1 saturated heterocycles. The summed E-state index contributed by atoms with van der Waals surface area (Å²) in [7, 11) is 0. The third-order valence-electron chi connectivity index (χ3n) is 5.18. The van der Waals surface area contributed by atoms with Crippen molar-refractivity contribution in [2.75, 3.05) is 25.0 Å². The molecule has 0 amide bonds. The van der Waals surface area contributed by atoms with Crippen LogP contribution in [0, 0.1) is 0 Å². The molecular weight excluding hydrogens is 322 g/mol. The summed E-state index contributed by atoms with van der Waals surface area (Å²) in [6.07, 6.45) is 5.28. The van der Waals surface area contributed by atoms with Crippen molar-refractivity contribution in [1.29, 1.82) is 0 Å². The zero-order chi connectivity index (χ0) is 17.8. The Hall–Kier alpha value is -2.37. The summed E-state index contributed by atoms with van der Waals surface area (Å²) < 4.78 is 0. The second-order valence-electron chi connectivity index (χ2n) is 7.25. The summed E-state index contributed by atoms with van der Waals surface area (Å²) in [6.45, 7) is 3.97. The molecule has 4 N–H and O–H groups in total. The van der Waals surface area contributed by atoms with Gasteiger partial charge in [-0.05, 0) is 61.7 Å². The summed E-state index contributed by atoms with van der Waals surface area (Å²) in [5, 5.41) is 12.0. The van der Waals surface area contributed by atoms with Crippen molar-refractivity contribution >= 4 is 16.6 Å². The van der Waals surface area contributed by atoms with Crippen LogP contribution in [0.5, 0.6) is 0 Å². The summed E-state index contributed by atoms with van der Waals surface area (Å²) >= 11 is 0. The zero-order valence-electron chi connectivity index (χ0n) is 15.1. The number of likely N-dealkylation sites (tertiary alicyclic amines) is 1. The Balaban J connectivity index is 1.36. The Bertz CT molecular complexity index is 839. The predicted octanol–water partition coefficient (Wildman–Crippen LogP) is 3.14. The molecule has 5 nitrogen and oxygen atoms in total. The number of benzene rings is 2. The predicted molar refractivity (Wildman–Crippen MR) is 107 cm³/mol. The van der Waals surface area contributed by atoms with Crippen LogP contribution in [0.1, 0.15) is 24.0 Å². The number of aromatic amines is 1. The van der Waals surface area contributed by atoms with Gasteiger partial charge in [0.05, 0.1) is 11.7 Å². The van der Waals surface area contributed by atoms with Gasteiger partial charge in [0, 0.05) is 30.2 Å². The van der Waals surface area contributed by atoms with Gasteiger partial charge in [-0.1, -0.05) is 24.3 Å². The van der Waals surface area contributed by atoms with Crippen LogP contribution in [-0.4, -0.2) is 40.8 Å². The minimum absolute atomic E-state index is 0.490. The molecular formula is C21H27N5. The van der Waals surface area contributed by atoms with Crippen LogP contribution < -0.4 is 11.1 Å². The average Bonchev–Trinajstić information content (AvgIpc) is 3.12. The maximum Gasteiger partial charge on any atom is 0.0651 e. The van der Waals surface area contributed by atoms with Gasteiger partial charge >= 0.3 is 0 Å². The van der Waals surface area contributed by atoms with Gasteiger partial charge in [0.1, 0.15) is 0 Å². The maximum atomic E-state index is 5.63. The minimum Gasteiger partial charge on any atom is -0.381 e. The van der Waals surface area contributed by atoms with Crippen LogP contribution >= 0.6 is 0 Å².